The van der Waals surface area contributed by atoms with Crippen LogP contribution in [0, 0.1) is 26.2 Å². The Morgan fingerprint density at radius 3 is 2.50 bits per heavy atom. The first kappa shape index (κ1) is 11.5. The van der Waals surface area contributed by atoms with Crippen molar-refractivity contribution in [2.24, 2.45) is 5.41 Å². The van der Waals surface area contributed by atoms with Crippen LogP contribution in [0.4, 0.5) is 0 Å². The smallest absolute Gasteiger partial charge is 0.312 e. The summed E-state index contributed by atoms with van der Waals surface area (Å²) in [4.78, 5) is 11.0. The van der Waals surface area contributed by atoms with Crippen LogP contribution in [-0.2, 0) is 9.53 Å². The van der Waals surface area contributed by atoms with Gasteiger partial charge in [0.25, 0.3) is 0 Å². The molecular formula is C10H14O2. The minimum atomic E-state index is -1.38. The Kier molecular flexibility index (Phi) is 4.95. The Hall–Kier alpha value is -0.530. The van der Waals surface area contributed by atoms with E-state index in [0.29, 0.717) is 6.42 Å². The number of ether oxygens (including phenoxy) is 1. The standard InChI is InChI=1S/C10H14O2/c1-5-7-8-10(3,4)9(11)12-6-2/h2-4H,5-8H2,1H3. The number of hydrogen-bond donors (Lipinski definition) is 0. The van der Waals surface area contributed by atoms with Gasteiger partial charge in [-0.25, -0.2) is 0 Å². The molecule has 12 heavy (non-hydrogen) atoms. The van der Waals surface area contributed by atoms with Crippen LogP contribution in [0.1, 0.15) is 26.2 Å². The summed E-state index contributed by atoms with van der Waals surface area (Å²) in [6, 6.07) is 0. The van der Waals surface area contributed by atoms with Gasteiger partial charge in [0.15, 0.2) is 0 Å². The van der Waals surface area contributed by atoms with Gasteiger partial charge in [-0.15, -0.1) is 0 Å². The third-order valence-electron chi connectivity index (χ3n) is 1.54. The first-order valence-corrected chi connectivity index (χ1v) is 3.99. The average Bonchev–Trinajstić information content (AvgIpc) is 2.01. The van der Waals surface area contributed by atoms with Crippen molar-refractivity contribution in [3.05, 3.63) is 20.8 Å². The van der Waals surface area contributed by atoms with Crippen molar-refractivity contribution < 1.29 is 9.53 Å². The maximum Gasteiger partial charge on any atom is 0.312 e. The maximum atomic E-state index is 11.0. The van der Waals surface area contributed by atoms with Gasteiger partial charge < -0.3 is 4.74 Å². The SMILES string of the molecule is [CH]COC(=O)C([CH])([CH])CCCC. The van der Waals surface area contributed by atoms with Gasteiger partial charge in [-0.05, 0) is 20.3 Å². The van der Waals surface area contributed by atoms with Gasteiger partial charge in [0.05, 0.1) is 12.0 Å². The van der Waals surface area contributed by atoms with Gasteiger partial charge in [0.2, 0.25) is 0 Å². The van der Waals surface area contributed by atoms with E-state index in [1.54, 1.807) is 0 Å². The lowest BCUT2D eigenvalue weighted by Gasteiger charge is -2.20. The van der Waals surface area contributed by atoms with Crippen molar-refractivity contribution in [2.75, 3.05) is 6.61 Å². The van der Waals surface area contributed by atoms with Crippen LogP contribution in [0.25, 0.3) is 0 Å². The fourth-order valence-corrected chi connectivity index (χ4v) is 0.781. The van der Waals surface area contributed by atoms with Gasteiger partial charge in [-0.3, -0.25) is 4.79 Å². The average molecular weight is 166 g/mol. The largest absolute Gasteiger partial charge is 0.465 e. The summed E-state index contributed by atoms with van der Waals surface area (Å²) in [6.07, 6.45) is 2.15. The zero-order valence-corrected chi connectivity index (χ0v) is 7.38. The van der Waals surface area contributed by atoms with Crippen molar-refractivity contribution >= 4 is 5.97 Å². The zero-order valence-electron chi connectivity index (χ0n) is 7.38. The molecule has 0 aliphatic heterocycles. The summed E-state index contributed by atoms with van der Waals surface area (Å²) in [5.41, 5.74) is -1.38. The fourth-order valence-electron chi connectivity index (χ4n) is 0.781. The summed E-state index contributed by atoms with van der Waals surface area (Å²) >= 11 is 0. The molecule has 0 saturated carbocycles. The van der Waals surface area contributed by atoms with Crippen LogP contribution >= 0.6 is 0 Å². The molecule has 0 aromatic carbocycles. The Morgan fingerprint density at radius 1 is 1.50 bits per heavy atom. The Morgan fingerprint density at radius 2 is 2.08 bits per heavy atom. The number of carbonyl (C=O) groups is 1. The quantitative estimate of drug-likeness (QED) is 0.582. The summed E-state index contributed by atoms with van der Waals surface area (Å²) in [5, 5.41) is 0. The predicted octanol–water partition coefficient (Wildman–Crippen LogP) is 1.84. The van der Waals surface area contributed by atoms with E-state index in [0.717, 1.165) is 12.8 Å². The van der Waals surface area contributed by atoms with Gasteiger partial charge in [0, 0.05) is 6.92 Å². The molecule has 0 aromatic heterocycles. The third kappa shape index (κ3) is 3.74. The number of esters is 1. The molecule has 0 spiro atoms. The number of rotatable bonds is 5. The predicted molar refractivity (Wildman–Crippen MR) is 45.8 cm³/mol. The van der Waals surface area contributed by atoms with Crippen molar-refractivity contribution in [3.8, 4) is 0 Å². The highest BCUT2D eigenvalue weighted by molar-refractivity contribution is 5.78. The highest BCUT2D eigenvalue weighted by Crippen LogP contribution is 2.23. The zero-order chi connectivity index (χ0) is 9.61. The highest BCUT2D eigenvalue weighted by atomic mass is 16.5. The van der Waals surface area contributed by atoms with Crippen molar-refractivity contribution in [2.45, 2.75) is 26.2 Å². The second kappa shape index (κ2) is 5.18. The first-order chi connectivity index (χ1) is 5.54. The first-order valence-electron chi connectivity index (χ1n) is 3.99. The number of unbranched alkanes of at least 4 members (excludes halogenated alkanes) is 1. The lowest BCUT2D eigenvalue weighted by molar-refractivity contribution is -0.150. The monoisotopic (exact) mass is 166 g/mol. The maximum absolute atomic E-state index is 11.0. The summed E-state index contributed by atoms with van der Waals surface area (Å²) in [7, 11) is 0. The van der Waals surface area contributed by atoms with E-state index < -0.39 is 11.4 Å². The van der Waals surface area contributed by atoms with E-state index in [1.165, 1.54) is 0 Å². The molecule has 2 heteroatoms. The van der Waals surface area contributed by atoms with E-state index in [4.69, 9.17) is 20.8 Å². The molecule has 2 nitrogen and oxygen atoms in total. The molecule has 0 amide bonds. The summed E-state index contributed by atoms with van der Waals surface area (Å²) in [6.45, 7) is 17.8. The van der Waals surface area contributed by atoms with Crippen LogP contribution in [0.2, 0.25) is 0 Å². The second-order valence-electron chi connectivity index (χ2n) is 2.74. The highest BCUT2D eigenvalue weighted by Gasteiger charge is 2.28. The van der Waals surface area contributed by atoms with Gasteiger partial charge in [0.1, 0.15) is 0 Å². The van der Waals surface area contributed by atoms with E-state index in [-0.39, 0.29) is 6.61 Å². The second-order valence-corrected chi connectivity index (χ2v) is 2.74. The molecule has 0 aliphatic rings. The lowest BCUT2D eigenvalue weighted by Crippen LogP contribution is -2.27. The molecule has 0 saturated heterocycles. The molecule has 0 heterocycles. The Labute approximate surface area is 75.3 Å². The molecular weight excluding hydrogens is 152 g/mol. The minimum Gasteiger partial charge on any atom is -0.465 e. The van der Waals surface area contributed by atoms with E-state index in [2.05, 4.69) is 4.74 Å². The van der Waals surface area contributed by atoms with E-state index >= 15 is 0 Å². The molecule has 0 unspecified atom stereocenters. The molecule has 0 fully saturated rings. The van der Waals surface area contributed by atoms with E-state index in [9.17, 15) is 4.79 Å². The van der Waals surface area contributed by atoms with Crippen LogP contribution in [0.15, 0.2) is 0 Å². The minimum absolute atomic E-state index is 0.179. The number of carbonyl (C=O) groups excluding carboxylic acids is 1. The van der Waals surface area contributed by atoms with Crippen LogP contribution < -0.4 is 0 Å². The summed E-state index contributed by atoms with van der Waals surface area (Å²) in [5.74, 6) is -0.640. The van der Waals surface area contributed by atoms with Gasteiger partial charge in [-0.2, -0.15) is 0 Å². The van der Waals surface area contributed by atoms with Crippen LogP contribution in [-0.4, -0.2) is 12.6 Å². The van der Waals surface area contributed by atoms with Gasteiger partial charge >= 0.3 is 5.97 Å². The number of hydrogen-bond acceptors (Lipinski definition) is 2. The topological polar surface area (TPSA) is 26.3 Å². The molecule has 66 valence electrons. The van der Waals surface area contributed by atoms with Crippen molar-refractivity contribution in [1.29, 1.82) is 0 Å². The van der Waals surface area contributed by atoms with E-state index in [1.807, 2.05) is 6.92 Å². The third-order valence-corrected chi connectivity index (χ3v) is 1.54. The van der Waals surface area contributed by atoms with Crippen LogP contribution in [0.5, 0.6) is 0 Å². The Bertz CT molecular complexity index is 139. The van der Waals surface area contributed by atoms with Crippen molar-refractivity contribution in [1.82, 2.24) is 0 Å². The van der Waals surface area contributed by atoms with Gasteiger partial charge in [-0.1, -0.05) is 19.8 Å². The lowest BCUT2D eigenvalue weighted by atomic mass is 9.87. The molecule has 0 bridgehead atoms. The molecule has 0 atom stereocenters. The molecule has 6 radical (unpaired) electrons. The van der Waals surface area contributed by atoms with Crippen molar-refractivity contribution in [3.63, 3.8) is 0 Å². The van der Waals surface area contributed by atoms with Crippen LogP contribution in [0.3, 0.4) is 0 Å². The molecule has 0 aliphatic carbocycles. The molecule has 0 rings (SSSR count). The fraction of sp³-hybridized carbons (Fsp3) is 0.600. The molecule has 0 aromatic rings. The Balaban J connectivity index is 3.90. The molecule has 0 N–H and O–H groups in total. The summed E-state index contributed by atoms with van der Waals surface area (Å²) < 4.78 is 4.49. The normalized spacial score (nSPS) is 11.3.